The average Bonchev–Trinajstić information content (AvgIpc) is 2.60. The fourth-order valence-corrected chi connectivity index (χ4v) is 2.89. The van der Waals surface area contributed by atoms with E-state index in [-0.39, 0.29) is 5.56 Å². The summed E-state index contributed by atoms with van der Waals surface area (Å²) < 4.78 is 40.4. The Morgan fingerprint density at radius 2 is 1.81 bits per heavy atom. The summed E-state index contributed by atoms with van der Waals surface area (Å²) in [6.07, 6.45) is 0.255. The summed E-state index contributed by atoms with van der Waals surface area (Å²) in [4.78, 5) is 8.46. The molecule has 7 heteroatoms. The monoisotopic (exact) mass is 375 g/mol. The van der Waals surface area contributed by atoms with Crippen LogP contribution in [0.15, 0.2) is 42.7 Å². The number of pyridine rings is 2. The fraction of sp³-hybridized carbons (Fsp3) is 0.300. The van der Waals surface area contributed by atoms with Gasteiger partial charge in [-0.2, -0.15) is 0 Å². The Kier molecular flexibility index (Phi) is 5.06. The predicted molar refractivity (Wildman–Crippen MR) is 98.2 cm³/mol. The van der Waals surface area contributed by atoms with E-state index in [1.807, 2.05) is 0 Å². The molecule has 0 aliphatic rings. The molecule has 27 heavy (non-hydrogen) atoms. The lowest BCUT2D eigenvalue weighted by Crippen LogP contribution is -2.17. The number of aliphatic hydroxyl groups is 1. The topological polar surface area (TPSA) is 58.0 Å². The third-order valence-electron chi connectivity index (χ3n) is 4.39. The number of nitrogens with one attached hydrogen (secondary N) is 1. The summed E-state index contributed by atoms with van der Waals surface area (Å²) in [5, 5.41) is 14.0. The fourth-order valence-electron chi connectivity index (χ4n) is 2.89. The average molecular weight is 375 g/mol. The van der Waals surface area contributed by atoms with Crippen LogP contribution in [0.5, 0.6) is 0 Å². The standard InChI is InChI=1S/C20H20F3N3O/c1-11(12-5-4-6-13(18(12)21)19(22)23)26-15-7-8-24-16-10-25-17(9-14(15)16)20(2,3)27/h4-11,19,27H,1-3H3,(H,24,26)/t11-/m1/s1. The molecular weight excluding hydrogens is 355 g/mol. The van der Waals surface area contributed by atoms with Gasteiger partial charge in [-0.15, -0.1) is 0 Å². The molecule has 1 atom stereocenters. The van der Waals surface area contributed by atoms with E-state index in [0.29, 0.717) is 22.3 Å². The Morgan fingerprint density at radius 3 is 2.48 bits per heavy atom. The summed E-state index contributed by atoms with van der Waals surface area (Å²) in [6, 6.07) is 6.84. The highest BCUT2D eigenvalue weighted by molar-refractivity contribution is 5.91. The van der Waals surface area contributed by atoms with Gasteiger partial charge in [0.15, 0.2) is 0 Å². The van der Waals surface area contributed by atoms with E-state index >= 15 is 0 Å². The Hall–Kier alpha value is -2.67. The highest BCUT2D eigenvalue weighted by Crippen LogP contribution is 2.31. The van der Waals surface area contributed by atoms with Crippen LogP contribution in [0.25, 0.3) is 10.9 Å². The minimum Gasteiger partial charge on any atom is -0.384 e. The van der Waals surface area contributed by atoms with Gasteiger partial charge in [-0.3, -0.25) is 9.97 Å². The second-order valence-electron chi connectivity index (χ2n) is 6.92. The molecule has 0 saturated heterocycles. The van der Waals surface area contributed by atoms with E-state index in [1.54, 1.807) is 45.3 Å². The molecule has 0 unspecified atom stereocenters. The maximum atomic E-state index is 14.4. The van der Waals surface area contributed by atoms with E-state index in [0.717, 1.165) is 6.07 Å². The quantitative estimate of drug-likeness (QED) is 0.651. The van der Waals surface area contributed by atoms with Crippen LogP contribution in [0, 0.1) is 5.82 Å². The molecule has 0 aliphatic carbocycles. The second-order valence-corrected chi connectivity index (χ2v) is 6.92. The molecule has 3 aromatic rings. The Bertz CT molecular complexity index is 970. The number of nitrogens with zero attached hydrogens (tertiary/aromatic N) is 2. The molecule has 0 fully saturated rings. The van der Waals surface area contributed by atoms with Gasteiger partial charge in [-0.25, -0.2) is 13.2 Å². The van der Waals surface area contributed by atoms with E-state index in [9.17, 15) is 18.3 Å². The van der Waals surface area contributed by atoms with Crippen LogP contribution in [0.1, 0.15) is 50.1 Å². The van der Waals surface area contributed by atoms with Gasteiger partial charge in [0.25, 0.3) is 6.43 Å². The Labute approximate surface area is 155 Å². The number of fused-ring (bicyclic) bond motifs is 1. The summed E-state index contributed by atoms with van der Waals surface area (Å²) >= 11 is 0. The van der Waals surface area contributed by atoms with Crippen molar-refractivity contribution >= 4 is 16.6 Å². The van der Waals surface area contributed by atoms with E-state index in [2.05, 4.69) is 15.3 Å². The number of hydrogen-bond acceptors (Lipinski definition) is 4. The van der Waals surface area contributed by atoms with Crippen molar-refractivity contribution in [1.29, 1.82) is 0 Å². The van der Waals surface area contributed by atoms with Crippen molar-refractivity contribution in [1.82, 2.24) is 9.97 Å². The van der Waals surface area contributed by atoms with Gasteiger partial charge in [0.2, 0.25) is 0 Å². The lowest BCUT2D eigenvalue weighted by Gasteiger charge is -2.20. The molecule has 2 N–H and O–H groups in total. The van der Waals surface area contributed by atoms with Gasteiger partial charge in [0.05, 0.1) is 29.0 Å². The molecule has 1 aromatic carbocycles. The van der Waals surface area contributed by atoms with Crippen molar-refractivity contribution in [3.8, 4) is 0 Å². The molecule has 0 aliphatic heterocycles. The molecule has 2 heterocycles. The van der Waals surface area contributed by atoms with Gasteiger partial charge < -0.3 is 10.4 Å². The number of benzene rings is 1. The first-order chi connectivity index (χ1) is 12.7. The van der Waals surface area contributed by atoms with E-state index in [1.165, 1.54) is 12.1 Å². The normalized spacial score (nSPS) is 13.2. The van der Waals surface area contributed by atoms with Crippen molar-refractivity contribution in [3.63, 3.8) is 0 Å². The zero-order valence-electron chi connectivity index (χ0n) is 15.2. The number of halogens is 3. The van der Waals surface area contributed by atoms with Crippen LogP contribution < -0.4 is 5.32 Å². The molecule has 0 spiro atoms. The van der Waals surface area contributed by atoms with Crippen molar-refractivity contribution in [3.05, 3.63) is 65.4 Å². The molecule has 3 rings (SSSR count). The third-order valence-corrected chi connectivity index (χ3v) is 4.39. The number of anilines is 1. The zero-order chi connectivity index (χ0) is 19.8. The molecule has 0 saturated carbocycles. The van der Waals surface area contributed by atoms with Gasteiger partial charge >= 0.3 is 0 Å². The zero-order valence-corrected chi connectivity index (χ0v) is 15.2. The SMILES string of the molecule is C[C@@H](Nc1ccnc2cnc(C(C)(C)O)cc12)c1cccc(C(F)F)c1F. The first-order valence-electron chi connectivity index (χ1n) is 8.49. The summed E-state index contributed by atoms with van der Waals surface area (Å²) in [6.45, 7) is 4.94. The predicted octanol–water partition coefficient (Wildman–Crippen LogP) is 5.11. The minimum absolute atomic E-state index is 0.148. The van der Waals surface area contributed by atoms with Crippen LogP contribution in [0.3, 0.4) is 0 Å². The van der Waals surface area contributed by atoms with Gasteiger partial charge in [0, 0.05) is 22.8 Å². The number of aromatic nitrogens is 2. The van der Waals surface area contributed by atoms with Crippen LogP contribution in [-0.2, 0) is 5.60 Å². The maximum Gasteiger partial charge on any atom is 0.266 e. The smallest absolute Gasteiger partial charge is 0.266 e. The van der Waals surface area contributed by atoms with Crippen LogP contribution in [-0.4, -0.2) is 15.1 Å². The summed E-state index contributed by atoms with van der Waals surface area (Å²) in [7, 11) is 0. The van der Waals surface area contributed by atoms with E-state index < -0.39 is 29.4 Å². The molecule has 2 aromatic heterocycles. The van der Waals surface area contributed by atoms with Crippen LogP contribution >= 0.6 is 0 Å². The molecule has 4 nitrogen and oxygen atoms in total. The van der Waals surface area contributed by atoms with Gasteiger partial charge in [0.1, 0.15) is 11.4 Å². The van der Waals surface area contributed by atoms with Gasteiger partial charge in [-0.1, -0.05) is 18.2 Å². The number of alkyl halides is 2. The summed E-state index contributed by atoms with van der Waals surface area (Å²) in [5.41, 5.74) is 0.0996. The Morgan fingerprint density at radius 1 is 1.11 bits per heavy atom. The molecule has 0 radical (unpaired) electrons. The third kappa shape index (κ3) is 3.88. The first kappa shape index (κ1) is 19.1. The van der Waals surface area contributed by atoms with Crippen molar-refractivity contribution in [2.45, 2.75) is 38.8 Å². The highest BCUT2D eigenvalue weighted by atomic mass is 19.3. The maximum absolute atomic E-state index is 14.4. The second kappa shape index (κ2) is 7.15. The minimum atomic E-state index is -2.88. The molecular formula is C20H20F3N3O. The van der Waals surface area contributed by atoms with Crippen LogP contribution in [0.2, 0.25) is 0 Å². The molecule has 0 amide bonds. The molecule has 142 valence electrons. The molecule has 0 bridgehead atoms. The first-order valence-corrected chi connectivity index (χ1v) is 8.49. The summed E-state index contributed by atoms with van der Waals surface area (Å²) in [5.74, 6) is -0.912. The lowest BCUT2D eigenvalue weighted by molar-refractivity contribution is 0.0740. The Balaban J connectivity index is 2.00. The lowest BCUT2D eigenvalue weighted by atomic mass is 10.0. The highest BCUT2D eigenvalue weighted by Gasteiger charge is 2.21. The number of rotatable bonds is 5. The number of hydrogen-bond donors (Lipinski definition) is 2. The van der Waals surface area contributed by atoms with E-state index in [4.69, 9.17) is 0 Å². The van der Waals surface area contributed by atoms with Crippen LogP contribution in [0.4, 0.5) is 18.9 Å². The van der Waals surface area contributed by atoms with Crippen molar-refractivity contribution < 1.29 is 18.3 Å². The largest absolute Gasteiger partial charge is 0.384 e. The van der Waals surface area contributed by atoms with Crippen molar-refractivity contribution in [2.24, 2.45) is 0 Å². The van der Waals surface area contributed by atoms with Crippen molar-refractivity contribution in [2.75, 3.05) is 5.32 Å². The van der Waals surface area contributed by atoms with Gasteiger partial charge in [-0.05, 0) is 32.9 Å².